The van der Waals surface area contributed by atoms with E-state index in [1.54, 1.807) is 0 Å². The summed E-state index contributed by atoms with van der Waals surface area (Å²) in [5.41, 5.74) is 0.944. The summed E-state index contributed by atoms with van der Waals surface area (Å²) in [4.78, 5) is 27.3. The molecule has 1 aliphatic carbocycles. The number of nitrogens with one attached hydrogen (secondary N) is 1. The van der Waals surface area contributed by atoms with Gasteiger partial charge in [-0.15, -0.1) is 0 Å². The Morgan fingerprint density at radius 2 is 1.65 bits per heavy atom. The van der Waals surface area contributed by atoms with Crippen molar-refractivity contribution in [2.45, 2.75) is 64.0 Å². The van der Waals surface area contributed by atoms with E-state index in [1.807, 2.05) is 35.2 Å². The molecule has 1 saturated carbocycles. The summed E-state index contributed by atoms with van der Waals surface area (Å²) in [6.07, 6.45) is 8.30. The Morgan fingerprint density at radius 3 is 2.35 bits per heavy atom. The molecule has 1 atom stereocenters. The summed E-state index contributed by atoms with van der Waals surface area (Å²) in [5, 5.41) is 2.90. The number of likely N-dealkylation sites (tertiary alicyclic amines) is 1. The second kappa shape index (κ2) is 9.60. The molecule has 2 aliphatic rings. The minimum absolute atomic E-state index is 0.0771. The van der Waals surface area contributed by atoms with Crippen molar-refractivity contribution in [2.24, 2.45) is 5.92 Å². The molecule has 26 heavy (non-hydrogen) atoms. The molecule has 1 heterocycles. The number of ether oxygens (including phenoxy) is 1. The Bertz CT molecular complexity index is 578. The van der Waals surface area contributed by atoms with E-state index in [-0.39, 0.29) is 18.4 Å². The molecule has 2 amide bonds. The van der Waals surface area contributed by atoms with Crippen molar-refractivity contribution in [1.82, 2.24) is 10.2 Å². The van der Waals surface area contributed by atoms with Crippen LogP contribution in [0.3, 0.4) is 0 Å². The lowest BCUT2D eigenvalue weighted by Crippen LogP contribution is -2.53. The molecular formula is C21H30N2O3. The number of carbonyl (C=O) groups is 2. The van der Waals surface area contributed by atoms with Gasteiger partial charge in [-0.2, -0.15) is 0 Å². The molecule has 1 aromatic rings. The third-order valence-corrected chi connectivity index (χ3v) is 5.54. The lowest BCUT2D eigenvalue weighted by molar-refractivity contribution is -0.136. The average molecular weight is 358 g/mol. The smallest absolute Gasteiger partial charge is 0.408 e. The molecule has 0 radical (unpaired) electrons. The SMILES string of the molecule is O=C(NC(C(=O)N1CCCCC1)C1CCCCC1)OCc1ccccc1. The number of carbonyl (C=O) groups excluding carboxylic acids is 2. The van der Waals surface area contributed by atoms with Gasteiger partial charge in [0.1, 0.15) is 12.6 Å². The minimum Gasteiger partial charge on any atom is -0.445 e. The van der Waals surface area contributed by atoms with Gasteiger partial charge in [-0.1, -0.05) is 49.6 Å². The number of hydrogen-bond acceptors (Lipinski definition) is 3. The highest BCUT2D eigenvalue weighted by Gasteiger charge is 2.34. The number of alkyl carbamates (subject to hydrolysis) is 1. The maximum atomic E-state index is 13.1. The van der Waals surface area contributed by atoms with Crippen molar-refractivity contribution >= 4 is 12.0 Å². The Labute approximate surface area is 156 Å². The summed E-state index contributed by atoms with van der Waals surface area (Å²) in [7, 11) is 0. The zero-order valence-corrected chi connectivity index (χ0v) is 15.5. The monoisotopic (exact) mass is 358 g/mol. The number of piperidine rings is 1. The quantitative estimate of drug-likeness (QED) is 0.869. The minimum atomic E-state index is -0.491. The van der Waals surface area contributed by atoms with Crippen LogP contribution in [0.5, 0.6) is 0 Å². The van der Waals surface area contributed by atoms with Gasteiger partial charge >= 0.3 is 6.09 Å². The van der Waals surface area contributed by atoms with E-state index < -0.39 is 12.1 Å². The van der Waals surface area contributed by atoms with Gasteiger partial charge < -0.3 is 15.0 Å². The molecule has 0 spiro atoms. The molecule has 1 unspecified atom stereocenters. The van der Waals surface area contributed by atoms with E-state index in [4.69, 9.17) is 4.74 Å². The molecule has 5 heteroatoms. The first-order valence-corrected chi connectivity index (χ1v) is 10.00. The summed E-state index contributed by atoms with van der Waals surface area (Å²) < 4.78 is 5.37. The standard InChI is InChI=1S/C21H30N2O3/c24-20(23-14-8-3-9-15-23)19(18-12-6-2-7-13-18)22-21(25)26-16-17-10-4-1-5-11-17/h1,4-5,10-11,18-19H,2-3,6-9,12-16H2,(H,22,25). The zero-order chi connectivity index (χ0) is 18.2. The highest BCUT2D eigenvalue weighted by molar-refractivity contribution is 5.86. The fraction of sp³-hybridized carbons (Fsp3) is 0.619. The molecule has 3 rings (SSSR count). The van der Waals surface area contributed by atoms with Crippen LogP contribution in [0.2, 0.25) is 0 Å². The van der Waals surface area contributed by atoms with Crippen LogP contribution < -0.4 is 5.32 Å². The summed E-state index contributed by atoms with van der Waals surface area (Å²) in [6.45, 7) is 1.84. The highest BCUT2D eigenvalue weighted by atomic mass is 16.5. The van der Waals surface area contributed by atoms with Gasteiger partial charge in [0.25, 0.3) is 0 Å². The average Bonchev–Trinajstić information content (AvgIpc) is 2.72. The van der Waals surface area contributed by atoms with Crippen molar-refractivity contribution in [1.29, 1.82) is 0 Å². The fourth-order valence-corrected chi connectivity index (χ4v) is 4.05. The molecule has 0 aromatic heterocycles. The Kier molecular flexibility index (Phi) is 6.92. The van der Waals surface area contributed by atoms with Crippen LogP contribution in [-0.4, -0.2) is 36.0 Å². The Balaban J connectivity index is 1.60. The molecule has 1 saturated heterocycles. The van der Waals surface area contributed by atoms with E-state index >= 15 is 0 Å². The predicted molar refractivity (Wildman–Crippen MR) is 101 cm³/mol. The lowest BCUT2D eigenvalue weighted by atomic mass is 9.83. The second-order valence-corrected chi connectivity index (χ2v) is 7.47. The zero-order valence-electron chi connectivity index (χ0n) is 15.5. The third-order valence-electron chi connectivity index (χ3n) is 5.54. The first kappa shape index (κ1) is 18.7. The van der Waals surface area contributed by atoms with Gasteiger partial charge in [-0.05, 0) is 43.6 Å². The first-order chi connectivity index (χ1) is 12.7. The molecule has 142 valence electrons. The summed E-state index contributed by atoms with van der Waals surface area (Å²) >= 11 is 0. The fourth-order valence-electron chi connectivity index (χ4n) is 4.05. The largest absolute Gasteiger partial charge is 0.445 e. The van der Waals surface area contributed by atoms with Crippen LogP contribution in [0.15, 0.2) is 30.3 Å². The number of rotatable bonds is 5. The van der Waals surface area contributed by atoms with E-state index in [1.165, 1.54) is 12.8 Å². The molecular weight excluding hydrogens is 328 g/mol. The number of amides is 2. The van der Waals surface area contributed by atoms with Crippen molar-refractivity contribution in [3.8, 4) is 0 Å². The van der Waals surface area contributed by atoms with Crippen molar-refractivity contribution in [3.63, 3.8) is 0 Å². The molecule has 2 fully saturated rings. The van der Waals surface area contributed by atoms with Crippen LogP contribution >= 0.6 is 0 Å². The predicted octanol–water partition coefficient (Wildman–Crippen LogP) is 3.87. The van der Waals surface area contributed by atoms with Gasteiger partial charge in [0.15, 0.2) is 0 Å². The van der Waals surface area contributed by atoms with Crippen LogP contribution in [0, 0.1) is 5.92 Å². The van der Waals surface area contributed by atoms with Gasteiger partial charge in [0.05, 0.1) is 0 Å². The van der Waals surface area contributed by atoms with Crippen LogP contribution in [0.25, 0.3) is 0 Å². The van der Waals surface area contributed by atoms with Crippen molar-refractivity contribution in [3.05, 3.63) is 35.9 Å². The third kappa shape index (κ3) is 5.23. The van der Waals surface area contributed by atoms with Gasteiger partial charge in [0.2, 0.25) is 5.91 Å². The summed E-state index contributed by atoms with van der Waals surface area (Å²) in [6, 6.07) is 9.16. The van der Waals surface area contributed by atoms with Gasteiger partial charge in [-0.25, -0.2) is 4.79 Å². The van der Waals surface area contributed by atoms with Crippen LogP contribution in [-0.2, 0) is 16.1 Å². The normalized spacial score (nSPS) is 19.6. The number of nitrogens with zero attached hydrogens (tertiary/aromatic N) is 1. The van der Waals surface area contributed by atoms with Crippen molar-refractivity contribution < 1.29 is 14.3 Å². The molecule has 1 N–H and O–H groups in total. The van der Waals surface area contributed by atoms with Gasteiger partial charge in [-0.3, -0.25) is 4.79 Å². The van der Waals surface area contributed by atoms with Gasteiger partial charge in [0, 0.05) is 13.1 Å². The van der Waals surface area contributed by atoms with E-state index in [0.29, 0.717) is 0 Å². The van der Waals surface area contributed by atoms with E-state index in [9.17, 15) is 9.59 Å². The van der Waals surface area contributed by atoms with E-state index in [2.05, 4.69) is 5.32 Å². The number of hydrogen-bond donors (Lipinski definition) is 1. The molecule has 1 aromatic carbocycles. The summed E-state index contributed by atoms with van der Waals surface area (Å²) in [5.74, 6) is 0.302. The maximum absolute atomic E-state index is 13.1. The van der Waals surface area contributed by atoms with Crippen LogP contribution in [0.1, 0.15) is 56.9 Å². The molecule has 5 nitrogen and oxygen atoms in total. The molecule has 0 bridgehead atoms. The molecule has 1 aliphatic heterocycles. The lowest BCUT2D eigenvalue weighted by Gasteiger charge is -2.35. The second-order valence-electron chi connectivity index (χ2n) is 7.47. The first-order valence-electron chi connectivity index (χ1n) is 10.00. The Morgan fingerprint density at radius 1 is 1.00 bits per heavy atom. The maximum Gasteiger partial charge on any atom is 0.408 e. The highest BCUT2D eigenvalue weighted by Crippen LogP contribution is 2.28. The number of benzene rings is 1. The topological polar surface area (TPSA) is 58.6 Å². The Hall–Kier alpha value is -2.04. The van der Waals surface area contributed by atoms with Crippen molar-refractivity contribution in [2.75, 3.05) is 13.1 Å². The van der Waals surface area contributed by atoms with E-state index in [0.717, 1.165) is 57.2 Å². The van der Waals surface area contributed by atoms with Crippen LogP contribution in [0.4, 0.5) is 4.79 Å².